The van der Waals surface area contributed by atoms with Gasteiger partial charge in [-0.05, 0) is 105 Å². The van der Waals surface area contributed by atoms with E-state index >= 15 is 0 Å². The van der Waals surface area contributed by atoms with Gasteiger partial charge in [-0.15, -0.1) is 0 Å². The molecular weight excluding hydrogens is 524 g/mol. The van der Waals surface area contributed by atoms with Gasteiger partial charge in [0.25, 0.3) is 0 Å². The minimum absolute atomic E-state index is 0.0463. The maximum Gasteiger partial charge on any atom is 0.340 e. The molecule has 1 N–H and O–H groups in total. The fourth-order valence-electron chi connectivity index (χ4n) is 5.78. The van der Waals surface area contributed by atoms with Crippen molar-refractivity contribution in [3.8, 4) is 17.2 Å². The Morgan fingerprint density at radius 3 is 1.98 bits per heavy atom. The Kier molecular flexibility index (Phi) is 6.66. The van der Waals surface area contributed by atoms with Crippen LogP contribution in [0.5, 0.6) is 17.2 Å². The van der Waals surface area contributed by atoms with Gasteiger partial charge >= 0.3 is 5.97 Å². The Hall–Kier alpha value is -5.16. The van der Waals surface area contributed by atoms with Crippen molar-refractivity contribution in [2.24, 2.45) is 0 Å². The molecule has 1 unspecified atom stereocenters. The topological polar surface area (TPSA) is 72.8 Å². The molecule has 0 radical (unpaired) electrons. The van der Waals surface area contributed by atoms with Gasteiger partial charge in [0.1, 0.15) is 17.2 Å². The van der Waals surface area contributed by atoms with Crippen LogP contribution in [0, 0.1) is 27.7 Å². The fraction of sp³-hybridized carbons (Fsp3) is 0.135. The molecule has 6 rings (SSSR count). The molecule has 0 bridgehead atoms. The summed E-state index contributed by atoms with van der Waals surface area (Å²) in [4.78, 5) is 26.0. The summed E-state index contributed by atoms with van der Waals surface area (Å²) >= 11 is 0. The largest absolute Gasteiger partial charge is 0.508 e. The standard InChI is InChI=1S/C37H30O5/c1-22-20-33(38)24(3)18-31(22)37(30-13-9-8-12-29(30)36(40)42-37)32-19-25(4)34(21-23(32)2)41-28-16-14-27(15-17-28)35(39)26-10-6-5-7-11-26/h5-21,38H,1-4H3. The lowest BCUT2D eigenvalue weighted by Crippen LogP contribution is -2.31. The quantitative estimate of drug-likeness (QED) is 0.170. The third-order valence-electron chi connectivity index (χ3n) is 7.98. The Bertz CT molecular complexity index is 1850. The van der Waals surface area contributed by atoms with Gasteiger partial charge in [-0.2, -0.15) is 0 Å². The van der Waals surface area contributed by atoms with E-state index in [1.54, 1.807) is 48.5 Å². The number of phenolic OH excluding ortho intramolecular Hbond substituents is 1. The van der Waals surface area contributed by atoms with Gasteiger partial charge in [0.2, 0.25) is 0 Å². The molecule has 0 spiro atoms. The number of rotatable bonds is 6. The van der Waals surface area contributed by atoms with Gasteiger partial charge in [-0.3, -0.25) is 4.79 Å². The average Bonchev–Trinajstić information content (AvgIpc) is 3.30. The second-order valence-corrected chi connectivity index (χ2v) is 10.8. The van der Waals surface area contributed by atoms with E-state index < -0.39 is 11.6 Å². The van der Waals surface area contributed by atoms with Crippen LogP contribution in [-0.2, 0) is 10.3 Å². The van der Waals surface area contributed by atoms with Crippen molar-refractivity contribution in [2.75, 3.05) is 0 Å². The number of hydrogen-bond acceptors (Lipinski definition) is 5. The Morgan fingerprint density at radius 2 is 1.26 bits per heavy atom. The number of aryl methyl sites for hydroxylation is 4. The number of ether oxygens (including phenoxy) is 2. The second-order valence-electron chi connectivity index (χ2n) is 10.8. The average molecular weight is 555 g/mol. The van der Waals surface area contributed by atoms with E-state index in [2.05, 4.69) is 0 Å². The maximum atomic E-state index is 13.2. The number of esters is 1. The van der Waals surface area contributed by atoms with Crippen molar-refractivity contribution in [3.63, 3.8) is 0 Å². The molecular formula is C37H30O5. The normalized spacial score (nSPS) is 15.7. The van der Waals surface area contributed by atoms with Crippen molar-refractivity contribution in [1.82, 2.24) is 0 Å². The predicted octanol–water partition coefficient (Wildman–Crippen LogP) is 8.11. The SMILES string of the molecule is Cc1cc(C2(c3cc(C)c(Oc4ccc(C(=O)c5ccccc5)cc4)cc3C)OC(=O)c3ccccc32)c(C)cc1O. The number of carbonyl (C=O) groups excluding carboxylic acids is 2. The first kappa shape index (κ1) is 27.0. The molecule has 0 saturated carbocycles. The summed E-state index contributed by atoms with van der Waals surface area (Å²) in [5.74, 6) is 1.02. The number of cyclic esters (lactones) is 1. The summed E-state index contributed by atoms with van der Waals surface area (Å²) in [5, 5.41) is 10.4. The molecule has 0 amide bonds. The highest BCUT2D eigenvalue weighted by Gasteiger charge is 2.50. The fourth-order valence-corrected chi connectivity index (χ4v) is 5.78. The molecule has 5 nitrogen and oxygen atoms in total. The zero-order valence-electron chi connectivity index (χ0n) is 23.9. The highest BCUT2D eigenvalue weighted by Crippen LogP contribution is 2.50. The highest BCUT2D eigenvalue weighted by atomic mass is 16.6. The molecule has 0 fully saturated rings. The number of phenols is 1. The molecule has 5 aromatic rings. The Balaban J connectivity index is 1.41. The van der Waals surface area contributed by atoms with Crippen LogP contribution < -0.4 is 4.74 Å². The van der Waals surface area contributed by atoms with Gasteiger partial charge in [0.15, 0.2) is 11.4 Å². The molecule has 1 heterocycles. The summed E-state index contributed by atoms with van der Waals surface area (Å²) in [7, 11) is 0. The van der Waals surface area contributed by atoms with Crippen molar-refractivity contribution in [2.45, 2.75) is 33.3 Å². The van der Waals surface area contributed by atoms with Gasteiger partial charge in [0, 0.05) is 27.8 Å². The van der Waals surface area contributed by atoms with Gasteiger partial charge in [0.05, 0.1) is 5.56 Å². The summed E-state index contributed by atoms with van der Waals surface area (Å²) in [6.45, 7) is 7.68. The molecule has 5 heteroatoms. The Morgan fingerprint density at radius 1 is 0.667 bits per heavy atom. The lowest BCUT2D eigenvalue weighted by molar-refractivity contribution is 0.0247. The first-order valence-electron chi connectivity index (χ1n) is 13.8. The maximum absolute atomic E-state index is 13.2. The molecule has 1 atom stereocenters. The van der Waals surface area contributed by atoms with Crippen LogP contribution in [0.15, 0.2) is 103 Å². The molecule has 42 heavy (non-hydrogen) atoms. The van der Waals surface area contributed by atoms with Crippen LogP contribution >= 0.6 is 0 Å². The Labute approximate surface area is 245 Å². The molecule has 5 aromatic carbocycles. The molecule has 0 aliphatic carbocycles. The second kappa shape index (κ2) is 10.3. The van der Waals surface area contributed by atoms with E-state index in [9.17, 15) is 14.7 Å². The van der Waals surface area contributed by atoms with Gasteiger partial charge < -0.3 is 14.6 Å². The van der Waals surface area contributed by atoms with E-state index in [0.29, 0.717) is 33.8 Å². The van der Waals surface area contributed by atoms with Crippen LogP contribution in [0.2, 0.25) is 0 Å². The summed E-state index contributed by atoms with van der Waals surface area (Å²) < 4.78 is 12.6. The lowest BCUT2D eigenvalue weighted by Gasteiger charge is -2.34. The van der Waals surface area contributed by atoms with E-state index in [-0.39, 0.29) is 11.5 Å². The van der Waals surface area contributed by atoms with Crippen molar-refractivity contribution in [3.05, 3.63) is 159 Å². The first-order chi connectivity index (χ1) is 20.2. The number of carbonyl (C=O) groups is 2. The molecule has 208 valence electrons. The number of fused-ring (bicyclic) bond motifs is 1. The van der Waals surface area contributed by atoms with Gasteiger partial charge in [-0.25, -0.2) is 4.79 Å². The monoisotopic (exact) mass is 554 g/mol. The lowest BCUT2D eigenvalue weighted by atomic mass is 9.75. The van der Waals surface area contributed by atoms with E-state index in [0.717, 1.165) is 33.4 Å². The minimum atomic E-state index is -1.19. The van der Waals surface area contributed by atoms with Crippen molar-refractivity contribution >= 4 is 11.8 Å². The van der Waals surface area contributed by atoms with Crippen molar-refractivity contribution in [1.29, 1.82) is 0 Å². The zero-order valence-corrected chi connectivity index (χ0v) is 23.9. The van der Waals surface area contributed by atoms with E-state index in [1.165, 1.54) is 0 Å². The predicted molar refractivity (Wildman–Crippen MR) is 162 cm³/mol. The first-order valence-corrected chi connectivity index (χ1v) is 13.8. The summed E-state index contributed by atoms with van der Waals surface area (Å²) in [6, 6.07) is 31.3. The third-order valence-corrected chi connectivity index (χ3v) is 7.98. The molecule has 0 saturated heterocycles. The number of benzene rings is 5. The summed E-state index contributed by atoms with van der Waals surface area (Å²) in [6.07, 6.45) is 0. The van der Waals surface area contributed by atoms with Gasteiger partial charge in [-0.1, -0.05) is 48.5 Å². The molecule has 0 aromatic heterocycles. The molecule has 1 aliphatic heterocycles. The van der Waals surface area contributed by atoms with Crippen LogP contribution in [-0.4, -0.2) is 16.9 Å². The summed E-state index contributed by atoms with van der Waals surface area (Å²) in [5.41, 5.74) is 6.16. The van der Waals surface area contributed by atoms with Crippen molar-refractivity contribution < 1.29 is 24.2 Å². The third kappa shape index (κ3) is 4.44. The number of ketones is 1. The molecule has 1 aliphatic rings. The van der Waals surface area contributed by atoms with Crippen LogP contribution in [0.1, 0.15) is 65.2 Å². The minimum Gasteiger partial charge on any atom is -0.508 e. The van der Waals surface area contributed by atoms with E-state index in [4.69, 9.17) is 9.47 Å². The zero-order chi connectivity index (χ0) is 29.6. The van der Waals surface area contributed by atoms with E-state index in [1.807, 2.05) is 82.3 Å². The van der Waals surface area contributed by atoms with Crippen LogP contribution in [0.25, 0.3) is 0 Å². The smallest absolute Gasteiger partial charge is 0.340 e. The van der Waals surface area contributed by atoms with Crippen LogP contribution in [0.4, 0.5) is 0 Å². The van der Waals surface area contributed by atoms with Crippen LogP contribution in [0.3, 0.4) is 0 Å². The number of hydrogen-bond donors (Lipinski definition) is 1. The number of aromatic hydroxyl groups is 1. The highest BCUT2D eigenvalue weighted by molar-refractivity contribution is 6.09.